The number of alkyl halides is 3. The van der Waals surface area contributed by atoms with E-state index in [4.69, 9.17) is 22.1 Å². The molecule has 3 N–H and O–H groups in total. The summed E-state index contributed by atoms with van der Waals surface area (Å²) in [4.78, 5) is 25.4. The number of nitrogens with two attached hydrogens (primary N) is 1. The zero-order valence-corrected chi connectivity index (χ0v) is 16.0. The van der Waals surface area contributed by atoms with Crippen LogP contribution in [0.1, 0.15) is 18.4 Å². The minimum Gasteiger partial charge on any atom is -0.364 e. The summed E-state index contributed by atoms with van der Waals surface area (Å²) in [6.07, 6.45) is -4.30. The second-order valence-corrected chi connectivity index (χ2v) is 6.40. The van der Waals surface area contributed by atoms with E-state index in [9.17, 15) is 22.8 Å². The summed E-state index contributed by atoms with van der Waals surface area (Å²) in [6, 6.07) is 3.05. The molecule has 11 heteroatoms. The Bertz CT molecular complexity index is 689. The van der Waals surface area contributed by atoms with Gasteiger partial charge in [0.2, 0.25) is 5.91 Å². The van der Waals surface area contributed by atoms with Crippen LogP contribution in [0.3, 0.4) is 0 Å². The van der Waals surface area contributed by atoms with E-state index in [0.717, 1.165) is 12.1 Å². The summed E-state index contributed by atoms with van der Waals surface area (Å²) in [6.45, 7) is -0.0119. The van der Waals surface area contributed by atoms with E-state index < -0.39 is 28.8 Å². The van der Waals surface area contributed by atoms with Crippen molar-refractivity contribution in [2.45, 2.75) is 31.2 Å². The summed E-state index contributed by atoms with van der Waals surface area (Å²) in [5.41, 5.74) is 4.38. The van der Waals surface area contributed by atoms with Gasteiger partial charge in [-0.25, -0.2) is 0 Å². The number of hydrogen-bond acceptors (Lipinski definition) is 4. The number of amides is 2. The minimum absolute atomic E-state index is 0. The van der Waals surface area contributed by atoms with Gasteiger partial charge in [0.25, 0.3) is 5.91 Å². The molecule has 1 fully saturated rings. The molecule has 2 amide bonds. The van der Waals surface area contributed by atoms with Gasteiger partial charge in [-0.15, -0.1) is 12.4 Å². The Kier molecular flexibility index (Phi) is 8.34. The van der Waals surface area contributed by atoms with Gasteiger partial charge in [-0.3, -0.25) is 9.59 Å². The number of benzene rings is 1. The molecule has 1 aromatic carbocycles. The van der Waals surface area contributed by atoms with Gasteiger partial charge in [0.1, 0.15) is 6.10 Å². The van der Waals surface area contributed by atoms with Gasteiger partial charge in [-0.2, -0.15) is 13.2 Å². The number of nitrogens with one attached hydrogen (secondary N) is 1. The zero-order chi connectivity index (χ0) is 19.5. The van der Waals surface area contributed by atoms with Crippen molar-refractivity contribution in [1.82, 2.24) is 4.90 Å². The van der Waals surface area contributed by atoms with E-state index in [1.807, 2.05) is 0 Å². The standard InChI is InChI=1S/C16H19ClF3N3O3.ClH/c1-23(15(25)13-5-3-10(7-21)26-13)8-14(24)22-9-2-4-12(17)11(6-9)16(18,19)20;/h2,4,6,10,13H,3,5,7-8,21H2,1H3,(H,22,24);1H/t10-,13+;/m1./s1. The van der Waals surface area contributed by atoms with Crippen LogP contribution >= 0.6 is 24.0 Å². The van der Waals surface area contributed by atoms with Crippen molar-refractivity contribution in [3.8, 4) is 0 Å². The Labute approximate surface area is 165 Å². The number of nitrogens with zero attached hydrogens (tertiary/aromatic N) is 1. The molecule has 6 nitrogen and oxygen atoms in total. The van der Waals surface area contributed by atoms with E-state index in [0.29, 0.717) is 19.4 Å². The van der Waals surface area contributed by atoms with Crippen LogP contribution in [0.2, 0.25) is 5.02 Å². The number of ether oxygens (including phenoxy) is 1. The normalized spacial score (nSPS) is 19.3. The number of rotatable bonds is 5. The predicted octanol–water partition coefficient (Wildman–Crippen LogP) is 2.68. The molecule has 152 valence electrons. The number of carbonyl (C=O) groups excluding carboxylic acids is 2. The lowest BCUT2D eigenvalue weighted by molar-refractivity contribution is -0.143. The first-order valence-corrected chi connectivity index (χ1v) is 8.26. The van der Waals surface area contributed by atoms with E-state index >= 15 is 0 Å². The minimum atomic E-state index is -4.63. The lowest BCUT2D eigenvalue weighted by Gasteiger charge is -2.21. The number of anilines is 1. The highest BCUT2D eigenvalue weighted by molar-refractivity contribution is 6.31. The van der Waals surface area contributed by atoms with Crippen LogP contribution in [0.4, 0.5) is 18.9 Å². The van der Waals surface area contributed by atoms with Gasteiger partial charge < -0.3 is 20.7 Å². The SMILES string of the molecule is CN(CC(=O)Nc1ccc(Cl)c(C(F)(F)F)c1)C(=O)[C@@H]1CC[C@H](CN)O1.Cl. The van der Waals surface area contributed by atoms with Crippen LogP contribution in [-0.4, -0.2) is 49.1 Å². The Balaban J connectivity index is 0.00000364. The highest BCUT2D eigenvalue weighted by atomic mass is 35.5. The Morgan fingerprint density at radius 2 is 2.04 bits per heavy atom. The maximum absolute atomic E-state index is 12.8. The van der Waals surface area contributed by atoms with Crippen molar-refractivity contribution in [3.63, 3.8) is 0 Å². The number of likely N-dealkylation sites (N-methyl/N-ethyl adjacent to an activating group) is 1. The second-order valence-electron chi connectivity index (χ2n) is 5.99. The maximum atomic E-state index is 12.8. The van der Waals surface area contributed by atoms with Crippen LogP contribution in [0.15, 0.2) is 18.2 Å². The molecule has 1 saturated heterocycles. The summed E-state index contributed by atoms with van der Waals surface area (Å²) in [7, 11) is 1.42. The van der Waals surface area contributed by atoms with Crippen molar-refractivity contribution < 1.29 is 27.5 Å². The van der Waals surface area contributed by atoms with E-state index in [2.05, 4.69) is 5.32 Å². The monoisotopic (exact) mass is 429 g/mol. The molecule has 0 spiro atoms. The van der Waals surface area contributed by atoms with Crippen molar-refractivity contribution in [1.29, 1.82) is 0 Å². The molecule has 27 heavy (non-hydrogen) atoms. The van der Waals surface area contributed by atoms with Crippen LogP contribution in [-0.2, 0) is 20.5 Å². The fourth-order valence-corrected chi connectivity index (χ4v) is 2.85. The van der Waals surface area contributed by atoms with Gasteiger partial charge >= 0.3 is 6.18 Å². The molecule has 0 bridgehead atoms. The van der Waals surface area contributed by atoms with Gasteiger partial charge in [0.05, 0.1) is 23.2 Å². The number of carbonyl (C=O) groups is 2. The lowest BCUT2D eigenvalue weighted by Crippen LogP contribution is -2.41. The molecule has 2 rings (SSSR count). The molecule has 0 saturated carbocycles. The van der Waals surface area contributed by atoms with Crippen LogP contribution < -0.4 is 11.1 Å². The fraction of sp³-hybridized carbons (Fsp3) is 0.500. The van der Waals surface area contributed by atoms with Crippen molar-refractivity contribution in [3.05, 3.63) is 28.8 Å². The number of hydrogen-bond donors (Lipinski definition) is 2. The number of halogens is 5. The van der Waals surface area contributed by atoms with Gasteiger partial charge in [0.15, 0.2) is 0 Å². The molecule has 1 aromatic rings. The lowest BCUT2D eigenvalue weighted by atomic mass is 10.2. The largest absolute Gasteiger partial charge is 0.417 e. The highest BCUT2D eigenvalue weighted by Crippen LogP contribution is 2.36. The van der Waals surface area contributed by atoms with E-state index in [1.165, 1.54) is 18.0 Å². The van der Waals surface area contributed by atoms with E-state index in [1.54, 1.807) is 0 Å². The van der Waals surface area contributed by atoms with E-state index in [-0.39, 0.29) is 36.7 Å². The Morgan fingerprint density at radius 1 is 1.37 bits per heavy atom. The molecule has 0 unspecified atom stereocenters. The first-order chi connectivity index (χ1) is 12.1. The van der Waals surface area contributed by atoms with Crippen LogP contribution in [0.5, 0.6) is 0 Å². The average Bonchev–Trinajstić information content (AvgIpc) is 3.03. The van der Waals surface area contributed by atoms with Crippen LogP contribution in [0, 0.1) is 0 Å². The molecule has 1 aliphatic heterocycles. The molecule has 0 radical (unpaired) electrons. The second kappa shape index (κ2) is 9.59. The predicted molar refractivity (Wildman–Crippen MR) is 96.9 cm³/mol. The van der Waals surface area contributed by atoms with Crippen molar-refractivity contribution >= 4 is 41.5 Å². The summed E-state index contributed by atoms with van der Waals surface area (Å²) >= 11 is 5.53. The Morgan fingerprint density at radius 3 is 2.59 bits per heavy atom. The summed E-state index contributed by atoms with van der Waals surface area (Å²) in [5, 5.41) is 1.86. The molecule has 2 atom stereocenters. The summed E-state index contributed by atoms with van der Waals surface area (Å²) in [5.74, 6) is -1.01. The highest BCUT2D eigenvalue weighted by Gasteiger charge is 2.34. The van der Waals surface area contributed by atoms with Gasteiger partial charge in [-0.05, 0) is 31.0 Å². The van der Waals surface area contributed by atoms with Gasteiger partial charge in [-0.1, -0.05) is 11.6 Å². The Hall–Kier alpha value is -1.55. The maximum Gasteiger partial charge on any atom is 0.417 e. The van der Waals surface area contributed by atoms with Gasteiger partial charge in [0, 0.05) is 19.3 Å². The third-order valence-corrected chi connectivity index (χ3v) is 4.29. The fourth-order valence-electron chi connectivity index (χ4n) is 2.62. The first kappa shape index (κ1) is 23.5. The zero-order valence-electron chi connectivity index (χ0n) is 14.4. The third kappa shape index (κ3) is 6.24. The first-order valence-electron chi connectivity index (χ1n) is 7.89. The summed E-state index contributed by atoms with van der Waals surface area (Å²) < 4.78 is 44.0. The molecule has 1 aliphatic rings. The molecule has 0 aromatic heterocycles. The molecular formula is C16H20Cl2F3N3O3. The molecule has 0 aliphatic carbocycles. The molecule has 1 heterocycles. The smallest absolute Gasteiger partial charge is 0.364 e. The third-order valence-electron chi connectivity index (χ3n) is 3.96. The van der Waals surface area contributed by atoms with Crippen molar-refractivity contribution in [2.24, 2.45) is 5.73 Å². The topological polar surface area (TPSA) is 84.7 Å². The molecular weight excluding hydrogens is 410 g/mol. The average molecular weight is 430 g/mol. The van der Waals surface area contributed by atoms with Crippen LogP contribution in [0.25, 0.3) is 0 Å². The van der Waals surface area contributed by atoms with Crippen molar-refractivity contribution in [2.75, 3.05) is 25.5 Å². The quantitative estimate of drug-likeness (QED) is 0.753.